The topological polar surface area (TPSA) is 59.8 Å². The van der Waals surface area contributed by atoms with Crippen LogP contribution in [0.15, 0.2) is 103 Å². The first kappa shape index (κ1) is 20.0. The van der Waals surface area contributed by atoms with Crippen molar-refractivity contribution in [2.75, 3.05) is 11.6 Å². The number of fused-ring (bicyclic) bond motifs is 1. The van der Waals surface area contributed by atoms with E-state index in [1.807, 2.05) is 36.5 Å². The number of rotatable bonds is 5. The largest absolute Gasteiger partial charge is 0.322 e. The van der Waals surface area contributed by atoms with Crippen molar-refractivity contribution < 1.29 is 4.79 Å². The van der Waals surface area contributed by atoms with E-state index in [1.165, 1.54) is 5.39 Å². The summed E-state index contributed by atoms with van der Waals surface area (Å²) >= 11 is 1.70. The lowest BCUT2D eigenvalue weighted by Crippen LogP contribution is -2.12. The maximum Gasteiger partial charge on any atom is 0.257 e. The molecule has 5 aromatic rings. The van der Waals surface area contributed by atoms with Gasteiger partial charge >= 0.3 is 0 Å². The van der Waals surface area contributed by atoms with Crippen LogP contribution in [0, 0.1) is 0 Å². The Balaban J connectivity index is 1.51. The minimum Gasteiger partial charge on any atom is -0.322 e. The average Bonchev–Trinajstić information content (AvgIpc) is 3.24. The molecular formula is C26H20N4OS. The summed E-state index contributed by atoms with van der Waals surface area (Å²) in [5.74, 6) is -0.178. The van der Waals surface area contributed by atoms with Crippen LogP contribution in [0.4, 0.5) is 5.69 Å². The van der Waals surface area contributed by atoms with Crippen LogP contribution in [0.25, 0.3) is 27.7 Å². The Morgan fingerprint density at radius 2 is 1.69 bits per heavy atom. The smallest absolute Gasteiger partial charge is 0.257 e. The fourth-order valence-electron chi connectivity index (χ4n) is 3.79. The Kier molecular flexibility index (Phi) is 5.44. The Labute approximate surface area is 190 Å². The minimum atomic E-state index is -0.178. The first-order valence-corrected chi connectivity index (χ1v) is 11.4. The molecule has 1 amide bonds. The van der Waals surface area contributed by atoms with Gasteiger partial charge in [-0.25, -0.2) is 0 Å². The van der Waals surface area contributed by atoms with Crippen LogP contribution >= 0.6 is 11.8 Å². The number of carbonyl (C=O) groups is 1. The van der Waals surface area contributed by atoms with Gasteiger partial charge in [-0.15, -0.1) is 11.8 Å². The molecule has 3 heterocycles. The van der Waals surface area contributed by atoms with Gasteiger partial charge in [0.05, 0.1) is 16.1 Å². The van der Waals surface area contributed by atoms with Crippen molar-refractivity contribution in [3.8, 4) is 16.8 Å². The monoisotopic (exact) mass is 436 g/mol. The summed E-state index contributed by atoms with van der Waals surface area (Å²) in [5.41, 5.74) is 5.68. The van der Waals surface area contributed by atoms with Crippen molar-refractivity contribution >= 4 is 34.3 Å². The number of nitrogens with one attached hydrogen (secondary N) is 1. The number of hydrogen-bond donors (Lipinski definition) is 1. The number of thioether (sulfide) groups is 1. The number of nitrogens with zero attached hydrogens (tertiary/aromatic N) is 3. The number of pyridine rings is 2. The van der Waals surface area contributed by atoms with E-state index < -0.39 is 0 Å². The molecule has 156 valence electrons. The van der Waals surface area contributed by atoms with Crippen LogP contribution in [0.3, 0.4) is 0 Å². The maximum absolute atomic E-state index is 12.4. The first-order valence-electron chi connectivity index (χ1n) is 10.2. The molecule has 6 heteroatoms. The number of carbonyl (C=O) groups excluding carboxylic acids is 1. The Morgan fingerprint density at radius 1 is 0.906 bits per heavy atom. The van der Waals surface area contributed by atoms with Crippen molar-refractivity contribution in [1.29, 1.82) is 0 Å². The Hall–Kier alpha value is -3.90. The number of anilines is 1. The molecule has 0 saturated carbocycles. The predicted molar refractivity (Wildman–Crippen MR) is 130 cm³/mol. The van der Waals surface area contributed by atoms with Crippen molar-refractivity contribution in [1.82, 2.24) is 14.5 Å². The van der Waals surface area contributed by atoms with E-state index in [0.29, 0.717) is 5.56 Å². The second-order valence-electron chi connectivity index (χ2n) is 7.24. The summed E-state index contributed by atoms with van der Waals surface area (Å²) in [6, 6.07) is 24.0. The van der Waals surface area contributed by atoms with E-state index in [-0.39, 0.29) is 5.91 Å². The molecule has 1 N–H and O–H groups in total. The molecule has 5 rings (SSSR count). The third-order valence-corrected chi connectivity index (χ3v) is 6.02. The van der Waals surface area contributed by atoms with E-state index in [0.717, 1.165) is 33.0 Å². The van der Waals surface area contributed by atoms with E-state index >= 15 is 0 Å². The van der Waals surface area contributed by atoms with E-state index in [2.05, 4.69) is 56.4 Å². The molecule has 3 aromatic heterocycles. The SMILES string of the molecule is CSc1cc2c(-c3cccnc3)cccc2n1-c1ccc(NC(=O)c2cccnc2)cc1. The van der Waals surface area contributed by atoms with E-state index in [4.69, 9.17) is 0 Å². The van der Waals surface area contributed by atoms with Crippen molar-refractivity contribution in [2.24, 2.45) is 0 Å². The normalized spacial score (nSPS) is 10.9. The van der Waals surface area contributed by atoms with Gasteiger partial charge < -0.3 is 9.88 Å². The first-order chi connectivity index (χ1) is 15.7. The molecule has 32 heavy (non-hydrogen) atoms. The van der Waals surface area contributed by atoms with Crippen LogP contribution < -0.4 is 5.32 Å². The number of benzene rings is 2. The number of aromatic nitrogens is 3. The number of amides is 1. The van der Waals surface area contributed by atoms with Gasteiger partial charge in [0.15, 0.2) is 0 Å². The van der Waals surface area contributed by atoms with E-state index in [1.54, 1.807) is 42.5 Å². The highest BCUT2D eigenvalue weighted by atomic mass is 32.2. The Bertz CT molecular complexity index is 1380. The molecule has 0 spiro atoms. The molecule has 0 fully saturated rings. The average molecular weight is 437 g/mol. The lowest BCUT2D eigenvalue weighted by Gasteiger charge is -2.11. The number of hydrogen-bond acceptors (Lipinski definition) is 4. The van der Waals surface area contributed by atoms with Crippen molar-refractivity contribution in [2.45, 2.75) is 5.03 Å². The standard InChI is InChI=1S/C26H20N4OS/c1-32-25-15-23-22(18-5-3-13-27-16-18)7-2-8-24(23)30(25)21-11-9-20(10-12-21)29-26(31)19-6-4-14-28-17-19/h2-17H,1H3,(H,29,31). The summed E-state index contributed by atoms with van der Waals surface area (Å²) in [6.07, 6.45) is 8.97. The minimum absolute atomic E-state index is 0.178. The van der Waals surface area contributed by atoms with Crippen LogP contribution in [0.2, 0.25) is 0 Å². The van der Waals surface area contributed by atoms with Crippen molar-refractivity contribution in [3.05, 3.63) is 103 Å². The zero-order valence-corrected chi connectivity index (χ0v) is 18.2. The molecule has 0 aliphatic rings. The highest BCUT2D eigenvalue weighted by Gasteiger charge is 2.14. The van der Waals surface area contributed by atoms with Gasteiger partial charge in [0.1, 0.15) is 0 Å². The second kappa shape index (κ2) is 8.69. The molecule has 2 aromatic carbocycles. The van der Waals surface area contributed by atoms with Gasteiger partial charge in [0.2, 0.25) is 0 Å². The fraction of sp³-hybridized carbons (Fsp3) is 0.0385. The van der Waals surface area contributed by atoms with E-state index in [9.17, 15) is 4.79 Å². The van der Waals surface area contributed by atoms with Crippen LogP contribution in [0.5, 0.6) is 0 Å². The third kappa shape index (κ3) is 3.76. The molecule has 0 saturated heterocycles. The summed E-state index contributed by atoms with van der Waals surface area (Å²) in [6.45, 7) is 0. The lowest BCUT2D eigenvalue weighted by molar-refractivity contribution is 0.102. The molecule has 0 radical (unpaired) electrons. The van der Waals surface area contributed by atoms with Gasteiger partial charge in [-0.05, 0) is 66.4 Å². The lowest BCUT2D eigenvalue weighted by atomic mass is 10.0. The quantitative estimate of drug-likeness (QED) is 0.340. The summed E-state index contributed by atoms with van der Waals surface area (Å²) in [5, 5.41) is 5.25. The second-order valence-corrected chi connectivity index (χ2v) is 8.07. The fourth-order valence-corrected chi connectivity index (χ4v) is 4.41. The molecule has 0 bridgehead atoms. The molecule has 5 nitrogen and oxygen atoms in total. The van der Waals surface area contributed by atoms with Gasteiger partial charge in [-0.2, -0.15) is 0 Å². The van der Waals surface area contributed by atoms with Crippen molar-refractivity contribution in [3.63, 3.8) is 0 Å². The van der Waals surface area contributed by atoms with Gasteiger partial charge in [-0.3, -0.25) is 14.8 Å². The zero-order chi connectivity index (χ0) is 21.9. The van der Waals surface area contributed by atoms with Crippen LogP contribution in [-0.2, 0) is 0 Å². The molecule has 0 unspecified atom stereocenters. The van der Waals surface area contributed by atoms with Gasteiger partial charge in [0, 0.05) is 47.1 Å². The zero-order valence-electron chi connectivity index (χ0n) is 17.4. The molecule has 0 aliphatic heterocycles. The van der Waals surface area contributed by atoms with Crippen LogP contribution in [0.1, 0.15) is 10.4 Å². The van der Waals surface area contributed by atoms with Gasteiger partial charge in [-0.1, -0.05) is 18.2 Å². The molecular weight excluding hydrogens is 416 g/mol. The van der Waals surface area contributed by atoms with Crippen LogP contribution in [-0.4, -0.2) is 26.7 Å². The Morgan fingerprint density at radius 3 is 2.38 bits per heavy atom. The third-order valence-electron chi connectivity index (χ3n) is 5.30. The predicted octanol–water partition coefficient (Wildman–Crippen LogP) is 6.06. The highest BCUT2D eigenvalue weighted by molar-refractivity contribution is 7.98. The summed E-state index contributed by atoms with van der Waals surface area (Å²) < 4.78 is 2.24. The summed E-state index contributed by atoms with van der Waals surface area (Å²) in [4.78, 5) is 20.7. The van der Waals surface area contributed by atoms with Gasteiger partial charge in [0.25, 0.3) is 5.91 Å². The molecule has 0 aliphatic carbocycles. The molecule has 0 atom stereocenters. The summed E-state index contributed by atoms with van der Waals surface area (Å²) in [7, 11) is 0. The maximum atomic E-state index is 12.4. The highest BCUT2D eigenvalue weighted by Crippen LogP contribution is 2.35.